The third-order valence-electron chi connectivity index (χ3n) is 4.93. The Morgan fingerprint density at radius 1 is 1.03 bits per heavy atom. The fraction of sp³-hybridized carbons (Fsp3) is 0.185. The zero-order chi connectivity index (χ0) is 24.3. The molecule has 1 heterocycles. The second-order valence-corrected chi connectivity index (χ2v) is 7.99. The van der Waals surface area contributed by atoms with Crippen LogP contribution in [0.3, 0.4) is 0 Å². The molecule has 0 N–H and O–H groups in total. The number of pyridine rings is 1. The number of methoxy groups -OCH3 is 2. The van der Waals surface area contributed by atoms with Crippen molar-refractivity contribution in [1.29, 1.82) is 0 Å². The second kappa shape index (κ2) is 12.5. The maximum absolute atomic E-state index is 13.2. The van der Waals surface area contributed by atoms with Gasteiger partial charge >= 0.3 is 0 Å². The van der Waals surface area contributed by atoms with Crippen molar-refractivity contribution < 1.29 is 19.0 Å². The Morgan fingerprint density at radius 2 is 1.76 bits per heavy atom. The lowest BCUT2D eigenvalue weighted by atomic mass is 10.1. The number of ether oxygens (including phenoxy) is 3. The van der Waals surface area contributed by atoms with Crippen molar-refractivity contribution >= 4 is 23.6 Å². The van der Waals surface area contributed by atoms with Gasteiger partial charge in [0.1, 0.15) is 12.4 Å². The molecular formula is C27H27ClN2O4. The van der Waals surface area contributed by atoms with Crippen molar-refractivity contribution in [2.75, 3.05) is 20.8 Å². The van der Waals surface area contributed by atoms with Crippen molar-refractivity contribution in [2.24, 2.45) is 0 Å². The standard InChI is InChI=1S/C27H27ClN2O4/c1-20(28)19-34-24-10-6-22(7-11-24)17-30(18-23-5-4-14-29-16-23)27(31)13-9-21-8-12-25(32-2)26(15-21)33-3/h4-16H,1,17-19H2,2-3H3/b13-9+. The molecule has 0 spiro atoms. The first-order valence-corrected chi connectivity index (χ1v) is 11.0. The second-order valence-electron chi connectivity index (χ2n) is 7.45. The minimum atomic E-state index is -0.127. The summed E-state index contributed by atoms with van der Waals surface area (Å²) in [5.74, 6) is 1.79. The van der Waals surface area contributed by atoms with E-state index in [4.69, 9.17) is 25.8 Å². The fourth-order valence-electron chi connectivity index (χ4n) is 3.23. The quantitative estimate of drug-likeness (QED) is 0.342. The fourth-order valence-corrected chi connectivity index (χ4v) is 3.28. The Balaban J connectivity index is 1.76. The third-order valence-corrected chi connectivity index (χ3v) is 5.04. The topological polar surface area (TPSA) is 60.9 Å². The van der Waals surface area contributed by atoms with E-state index in [9.17, 15) is 4.79 Å². The molecule has 0 radical (unpaired) electrons. The summed E-state index contributed by atoms with van der Waals surface area (Å²) in [5.41, 5.74) is 2.74. The van der Waals surface area contributed by atoms with Crippen LogP contribution in [-0.4, -0.2) is 36.6 Å². The average Bonchev–Trinajstić information content (AvgIpc) is 2.86. The van der Waals surface area contributed by atoms with Gasteiger partial charge in [-0.2, -0.15) is 0 Å². The Hall–Kier alpha value is -3.77. The molecule has 0 fully saturated rings. The van der Waals surface area contributed by atoms with Crippen LogP contribution in [0.2, 0.25) is 0 Å². The lowest BCUT2D eigenvalue weighted by molar-refractivity contribution is -0.127. The Bertz CT molecular complexity index is 1130. The molecule has 3 rings (SSSR count). The van der Waals surface area contributed by atoms with Gasteiger partial charge in [-0.1, -0.05) is 42.4 Å². The number of amides is 1. The van der Waals surface area contributed by atoms with Gasteiger partial charge in [0.25, 0.3) is 0 Å². The first-order chi connectivity index (χ1) is 16.5. The summed E-state index contributed by atoms with van der Waals surface area (Å²) in [6.07, 6.45) is 6.78. The number of hydrogen-bond acceptors (Lipinski definition) is 5. The lowest BCUT2D eigenvalue weighted by Gasteiger charge is -2.22. The summed E-state index contributed by atoms with van der Waals surface area (Å²) >= 11 is 5.76. The number of halogens is 1. The predicted octanol–water partition coefficient (Wildman–Crippen LogP) is 5.47. The molecule has 7 heteroatoms. The van der Waals surface area contributed by atoms with E-state index in [0.717, 1.165) is 16.7 Å². The number of aromatic nitrogens is 1. The molecule has 1 amide bonds. The van der Waals surface area contributed by atoms with Crippen LogP contribution in [0.25, 0.3) is 6.08 Å². The molecule has 0 unspecified atom stereocenters. The maximum atomic E-state index is 13.2. The largest absolute Gasteiger partial charge is 0.493 e. The van der Waals surface area contributed by atoms with Crippen LogP contribution in [0.1, 0.15) is 16.7 Å². The first-order valence-electron chi connectivity index (χ1n) is 10.6. The molecule has 2 aromatic carbocycles. The van der Waals surface area contributed by atoms with E-state index in [-0.39, 0.29) is 12.5 Å². The van der Waals surface area contributed by atoms with Gasteiger partial charge in [-0.3, -0.25) is 9.78 Å². The van der Waals surface area contributed by atoms with Crippen LogP contribution in [-0.2, 0) is 17.9 Å². The molecule has 3 aromatic rings. The number of benzene rings is 2. The highest BCUT2D eigenvalue weighted by Gasteiger charge is 2.13. The van der Waals surface area contributed by atoms with Crippen LogP contribution >= 0.6 is 11.6 Å². The van der Waals surface area contributed by atoms with Gasteiger partial charge < -0.3 is 19.1 Å². The molecule has 0 aliphatic carbocycles. The van der Waals surface area contributed by atoms with Crippen LogP contribution in [0, 0.1) is 0 Å². The minimum Gasteiger partial charge on any atom is -0.493 e. The van der Waals surface area contributed by atoms with Gasteiger partial charge in [-0.15, -0.1) is 0 Å². The first kappa shape index (κ1) is 24.9. The van der Waals surface area contributed by atoms with Crippen molar-refractivity contribution in [3.8, 4) is 17.2 Å². The summed E-state index contributed by atoms with van der Waals surface area (Å²) in [4.78, 5) is 19.1. The monoisotopic (exact) mass is 478 g/mol. The smallest absolute Gasteiger partial charge is 0.247 e. The number of rotatable bonds is 11. The number of carbonyl (C=O) groups excluding carboxylic acids is 1. The summed E-state index contributed by atoms with van der Waals surface area (Å²) in [6, 6.07) is 16.8. The van der Waals surface area contributed by atoms with Gasteiger partial charge in [0, 0.05) is 36.6 Å². The zero-order valence-corrected chi connectivity index (χ0v) is 20.0. The van der Waals surface area contributed by atoms with E-state index in [0.29, 0.717) is 35.4 Å². The molecule has 0 saturated carbocycles. The van der Waals surface area contributed by atoms with Crippen molar-refractivity contribution in [2.45, 2.75) is 13.1 Å². The van der Waals surface area contributed by atoms with Crippen LogP contribution < -0.4 is 14.2 Å². The average molecular weight is 479 g/mol. The molecule has 0 aliphatic rings. The number of hydrogen-bond donors (Lipinski definition) is 0. The van der Waals surface area contributed by atoms with Crippen molar-refractivity contribution in [3.63, 3.8) is 0 Å². The number of carbonyl (C=O) groups is 1. The Morgan fingerprint density at radius 3 is 2.41 bits per heavy atom. The van der Waals surface area contributed by atoms with Gasteiger partial charge in [0.2, 0.25) is 5.91 Å². The molecule has 0 aliphatic heterocycles. The molecule has 0 bridgehead atoms. The van der Waals surface area contributed by atoms with E-state index >= 15 is 0 Å². The Kier molecular flexibility index (Phi) is 9.12. The molecule has 0 saturated heterocycles. The lowest BCUT2D eigenvalue weighted by Crippen LogP contribution is -2.28. The van der Waals surface area contributed by atoms with Gasteiger partial charge in [0.05, 0.1) is 14.2 Å². The van der Waals surface area contributed by atoms with Gasteiger partial charge in [-0.05, 0) is 53.1 Å². The van der Waals surface area contributed by atoms with E-state index < -0.39 is 0 Å². The predicted molar refractivity (Wildman–Crippen MR) is 134 cm³/mol. The molecule has 34 heavy (non-hydrogen) atoms. The third kappa shape index (κ3) is 7.39. The molecule has 6 nitrogen and oxygen atoms in total. The SMILES string of the molecule is C=C(Cl)COc1ccc(CN(Cc2cccnc2)C(=O)/C=C/c2ccc(OC)c(OC)c2)cc1. The highest BCUT2D eigenvalue weighted by molar-refractivity contribution is 6.29. The van der Waals surface area contributed by atoms with Gasteiger partial charge in [0.15, 0.2) is 11.5 Å². The van der Waals surface area contributed by atoms with Crippen LogP contribution in [0.15, 0.2) is 84.7 Å². The van der Waals surface area contributed by atoms with Crippen molar-refractivity contribution in [1.82, 2.24) is 9.88 Å². The maximum Gasteiger partial charge on any atom is 0.247 e. The van der Waals surface area contributed by atoms with E-state index in [2.05, 4.69) is 11.6 Å². The number of nitrogens with zero attached hydrogens (tertiary/aromatic N) is 2. The summed E-state index contributed by atoms with van der Waals surface area (Å²) < 4.78 is 16.2. The van der Waals surface area contributed by atoms with E-state index in [1.54, 1.807) is 49.7 Å². The summed E-state index contributed by atoms with van der Waals surface area (Å²) in [6.45, 7) is 4.71. The summed E-state index contributed by atoms with van der Waals surface area (Å²) in [5, 5.41) is 0.429. The normalized spacial score (nSPS) is 10.7. The molecule has 176 valence electrons. The van der Waals surface area contributed by atoms with E-state index in [1.807, 2.05) is 48.5 Å². The van der Waals surface area contributed by atoms with E-state index in [1.165, 1.54) is 0 Å². The molecular weight excluding hydrogens is 452 g/mol. The molecule has 1 aromatic heterocycles. The highest BCUT2D eigenvalue weighted by atomic mass is 35.5. The summed E-state index contributed by atoms with van der Waals surface area (Å²) in [7, 11) is 3.16. The zero-order valence-electron chi connectivity index (χ0n) is 19.2. The van der Waals surface area contributed by atoms with Crippen LogP contribution in [0.4, 0.5) is 0 Å². The van der Waals surface area contributed by atoms with Gasteiger partial charge in [-0.25, -0.2) is 0 Å². The highest BCUT2D eigenvalue weighted by Crippen LogP contribution is 2.28. The van der Waals surface area contributed by atoms with Crippen molar-refractivity contribution in [3.05, 3.63) is 101 Å². The minimum absolute atomic E-state index is 0.127. The Labute approximate surface area is 205 Å². The van der Waals surface area contributed by atoms with Crippen LogP contribution in [0.5, 0.6) is 17.2 Å². The molecule has 0 atom stereocenters.